The van der Waals surface area contributed by atoms with Crippen molar-refractivity contribution in [2.24, 2.45) is 5.73 Å². The Morgan fingerprint density at radius 2 is 2.14 bits per heavy atom. The van der Waals surface area contributed by atoms with Crippen molar-refractivity contribution in [3.05, 3.63) is 30.1 Å². The van der Waals surface area contributed by atoms with Gasteiger partial charge in [-0.1, -0.05) is 25.5 Å². The summed E-state index contributed by atoms with van der Waals surface area (Å²) in [5.41, 5.74) is 5.84. The summed E-state index contributed by atoms with van der Waals surface area (Å²) in [5.74, 6) is 0.635. The number of benzene rings is 1. The van der Waals surface area contributed by atoms with E-state index in [2.05, 4.69) is 6.92 Å². The molecule has 0 amide bonds. The van der Waals surface area contributed by atoms with E-state index >= 15 is 0 Å². The van der Waals surface area contributed by atoms with E-state index in [4.69, 9.17) is 5.73 Å². The molecule has 0 aromatic heterocycles. The van der Waals surface area contributed by atoms with Crippen LogP contribution in [0, 0.1) is 5.82 Å². The smallest absolute Gasteiger partial charge is 0.136 e. The number of halogens is 1. The second kappa shape index (κ2) is 6.04. The zero-order valence-corrected chi connectivity index (χ0v) is 9.19. The Bertz CT molecular complexity index is 278. The van der Waals surface area contributed by atoms with Gasteiger partial charge in [-0.25, -0.2) is 4.39 Å². The second-order valence-corrected chi connectivity index (χ2v) is 4.35. The normalized spacial score (nSPS) is 12.8. The van der Waals surface area contributed by atoms with Crippen LogP contribution in [0.2, 0.25) is 0 Å². The fraction of sp³-hybridized carbons (Fsp3) is 0.455. The summed E-state index contributed by atoms with van der Waals surface area (Å²) >= 11 is 1.50. The van der Waals surface area contributed by atoms with E-state index in [-0.39, 0.29) is 11.9 Å². The first-order valence-electron chi connectivity index (χ1n) is 4.87. The van der Waals surface area contributed by atoms with Crippen LogP contribution < -0.4 is 5.73 Å². The Morgan fingerprint density at radius 3 is 2.79 bits per heavy atom. The zero-order valence-electron chi connectivity index (χ0n) is 8.37. The molecule has 1 rings (SSSR count). The Morgan fingerprint density at radius 1 is 1.43 bits per heavy atom. The Kier molecular flexibility index (Phi) is 4.98. The molecule has 1 unspecified atom stereocenters. The highest BCUT2D eigenvalue weighted by Crippen LogP contribution is 2.22. The molecule has 0 aliphatic rings. The van der Waals surface area contributed by atoms with Crippen molar-refractivity contribution in [1.29, 1.82) is 0 Å². The van der Waals surface area contributed by atoms with Gasteiger partial charge in [0.05, 0.1) is 0 Å². The van der Waals surface area contributed by atoms with E-state index in [1.807, 2.05) is 6.07 Å². The minimum Gasteiger partial charge on any atom is -0.327 e. The van der Waals surface area contributed by atoms with Crippen LogP contribution in [-0.4, -0.2) is 11.8 Å². The standard InChI is InChI=1S/C11H16FNS/c1-2-5-9(13)8-14-11-7-4-3-6-10(11)12/h3-4,6-7,9H,2,5,8,13H2,1H3. The molecule has 1 atom stereocenters. The SMILES string of the molecule is CCCC(N)CSc1ccccc1F. The van der Waals surface area contributed by atoms with Gasteiger partial charge in [-0.3, -0.25) is 0 Å². The molecule has 2 N–H and O–H groups in total. The number of hydrogen-bond acceptors (Lipinski definition) is 2. The number of hydrogen-bond donors (Lipinski definition) is 1. The van der Waals surface area contributed by atoms with Gasteiger partial charge in [-0.2, -0.15) is 0 Å². The monoisotopic (exact) mass is 213 g/mol. The Hall–Kier alpha value is -0.540. The van der Waals surface area contributed by atoms with Crippen LogP contribution in [0.5, 0.6) is 0 Å². The van der Waals surface area contributed by atoms with E-state index in [0.717, 1.165) is 18.6 Å². The maximum atomic E-state index is 13.2. The van der Waals surface area contributed by atoms with E-state index in [1.54, 1.807) is 12.1 Å². The van der Waals surface area contributed by atoms with Gasteiger partial charge in [0, 0.05) is 16.7 Å². The third-order valence-electron chi connectivity index (χ3n) is 1.95. The van der Waals surface area contributed by atoms with Crippen molar-refractivity contribution in [2.45, 2.75) is 30.7 Å². The summed E-state index contributed by atoms with van der Waals surface area (Å²) in [7, 11) is 0. The molecule has 1 aromatic rings. The Labute approximate surface area is 88.9 Å². The van der Waals surface area contributed by atoms with Crippen LogP contribution in [0.3, 0.4) is 0 Å². The average Bonchev–Trinajstić information content (AvgIpc) is 2.17. The molecule has 0 aliphatic heterocycles. The lowest BCUT2D eigenvalue weighted by molar-refractivity contribution is 0.601. The quantitative estimate of drug-likeness (QED) is 0.761. The lowest BCUT2D eigenvalue weighted by Crippen LogP contribution is -2.22. The van der Waals surface area contributed by atoms with E-state index in [1.165, 1.54) is 17.8 Å². The molecule has 1 nitrogen and oxygen atoms in total. The van der Waals surface area contributed by atoms with Gasteiger partial charge in [0.1, 0.15) is 5.82 Å². The summed E-state index contributed by atoms with van der Waals surface area (Å²) < 4.78 is 13.2. The summed E-state index contributed by atoms with van der Waals surface area (Å²) in [6.07, 6.45) is 2.08. The van der Waals surface area contributed by atoms with E-state index in [9.17, 15) is 4.39 Å². The molecule has 0 saturated carbocycles. The van der Waals surface area contributed by atoms with Gasteiger partial charge in [0.15, 0.2) is 0 Å². The lowest BCUT2D eigenvalue weighted by Gasteiger charge is -2.09. The van der Waals surface area contributed by atoms with Gasteiger partial charge in [0.2, 0.25) is 0 Å². The summed E-state index contributed by atoms with van der Waals surface area (Å²) in [6.45, 7) is 2.10. The van der Waals surface area contributed by atoms with Crippen LogP contribution in [0.15, 0.2) is 29.2 Å². The molecule has 0 radical (unpaired) electrons. The van der Waals surface area contributed by atoms with Gasteiger partial charge >= 0.3 is 0 Å². The minimum atomic E-state index is -0.152. The van der Waals surface area contributed by atoms with E-state index in [0.29, 0.717) is 4.90 Å². The fourth-order valence-corrected chi connectivity index (χ4v) is 2.15. The molecular formula is C11H16FNS. The second-order valence-electron chi connectivity index (χ2n) is 3.29. The molecule has 0 fully saturated rings. The van der Waals surface area contributed by atoms with Crippen LogP contribution in [0.25, 0.3) is 0 Å². The highest BCUT2D eigenvalue weighted by Gasteiger charge is 2.05. The first kappa shape index (κ1) is 11.5. The predicted octanol–water partition coefficient (Wildman–Crippen LogP) is 3.05. The van der Waals surface area contributed by atoms with Crippen LogP contribution in [0.1, 0.15) is 19.8 Å². The maximum Gasteiger partial charge on any atom is 0.136 e. The third kappa shape index (κ3) is 3.68. The number of nitrogens with two attached hydrogens (primary N) is 1. The molecule has 0 aliphatic carbocycles. The molecular weight excluding hydrogens is 197 g/mol. The summed E-state index contributed by atoms with van der Waals surface area (Å²) in [5, 5.41) is 0. The van der Waals surface area contributed by atoms with Gasteiger partial charge in [0.25, 0.3) is 0 Å². The first-order chi connectivity index (χ1) is 6.74. The zero-order chi connectivity index (χ0) is 10.4. The van der Waals surface area contributed by atoms with Crippen molar-refractivity contribution in [1.82, 2.24) is 0 Å². The van der Waals surface area contributed by atoms with Gasteiger partial charge in [-0.15, -0.1) is 11.8 Å². The molecule has 1 aromatic carbocycles. The molecule has 0 saturated heterocycles. The van der Waals surface area contributed by atoms with Crippen molar-refractivity contribution in [3.8, 4) is 0 Å². The van der Waals surface area contributed by atoms with Crippen molar-refractivity contribution in [3.63, 3.8) is 0 Å². The molecule has 3 heteroatoms. The van der Waals surface area contributed by atoms with Gasteiger partial charge in [-0.05, 0) is 18.6 Å². The van der Waals surface area contributed by atoms with Crippen molar-refractivity contribution in [2.75, 3.05) is 5.75 Å². The molecule has 78 valence electrons. The molecule has 0 bridgehead atoms. The van der Waals surface area contributed by atoms with E-state index < -0.39 is 0 Å². The lowest BCUT2D eigenvalue weighted by atomic mass is 10.2. The molecule has 0 spiro atoms. The molecule has 14 heavy (non-hydrogen) atoms. The molecule has 0 heterocycles. The highest BCUT2D eigenvalue weighted by atomic mass is 32.2. The highest BCUT2D eigenvalue weighted by molar-refractivity contribution is 7.99. The number of thioether (sulfide) groups is 1. The topological polar surface area (TPSA) is 26.0 Å². The average molecular weight is 213 g/mol. The third-order valence-corrected chi connectivity index (χ3v) is 3.19. The minimum absolute atomic E-state index is 0.152. The number of rotatable bonds is 5. The summed E-state index contributed by atoms with van der Waals surface area (Å²) in [4.78, 5) is 0.694. The maximum absolute atomic E-state index is 13.2. The van der Waals surface area contributed by atoms with Crippen molar-refractivity contribution < 1.29 is 4.39 Å². The largest absolute Gasteiger partial charge is 0.327 e. The van der Waals surface area contributed by atoms with Crippen LogP contribution in [-0.2, 0) is 0 Å². The summed E-state index contributed by atoms with van der Waals surface area (Å²) in [6, 6.07) is 6.98. The Balaban J connectivity index is 2.41. The van der Waals surface area contributed by atoms with Crippen LogP contribution in [0.4, 0.5) is 4.39 Å². The van der Waals surface area contributed by atoms with Gasteiger partial charge < -0.3 is 5.73 Å². The van der Waals surface area contributed by atoms with Crippen molar-refractivity contribution >= 4 is 11.8 Å². The predicted molar refractivity (Wildman–Crippen MR) is 60.0 cm³/mol. The fourth-order valence-electron chi connectivity index (χ4n) is 1.21. The van der Waals surface area contributed by atoms with Crippen LogP contribution >= 0.6 is 11.8 Å². The first-order valence-corrected chi connectivity index (χ1v) is 5.85.